The number of carbonyl (C=O) groups excluding carboxylic acids is 2. The van der Waals surface area contributed by atoms with E-state index in [1.165, 1.54) is 0 Å². The van der Waals surface area contributed by atoms with Crippen molar-refractivity contribution in [2.45, 2.75) is 50.7 Å². The number of amides is 2. The third-order valence-corrected chi connectivity index (χ3v) is 5.52. The van der Waals surface area contributed by atoms with E-state index in [0.29, 0.717) is 32.7 Å². The molecule has 0 aromatic heterocycles. The molecule has 0 radical (unpaired) electrons. The van der Waals surface area contributed by atoms with Gasteiger partial charge < -0.3 is 19.1 Å². The minimum absolute atomic E-state index is 0.00855. The van der Waals surface area contributed by atoms with Crippen LogP contribution in [-0.4, -0.2) is 66.5 Å². The molecule has 3 heterocycles. The largest absolute Gasteiger partial charge is 0.445 e. The van der Waals surface area contributed by atoms with Gasteiger partial charge in [-0.25, -0.2) is 4.79 Å². The fourth-order valence-electron chi connectivity index (χ4n) is 4.18. The maximum atomic E-state index is 13.2. The molecule has 0 unspecified atom stereocenters. The normalized spacial score (nSPS) is 25.9. The minimum atomic E-state index is -0.449. The molecule has 3 saturated heterocycles. The van der Waals surface area contributed by atoms with Crippen molar-refractivity contribution in [3.05, 3.63) is 35.9 Å². The number of nitrogens with zero attached hydrogens (tertiary/aromatic N) is 2. The van der Waals surface area contributed by atoms with E-state index in [-0.39, 0.29) is 24.8 Å². The molecule has 2 amide bonds. The molecule has 0 N–H and O–H groups in total. The molecule has 3 fully saturated rings. The molecule has 0 bridgehead atoms. The highest BCUT2D eigenvalue weighted by Gasteiger charge is 2.44. The van der Waals surface area contributed by atoms with E-state index < -0.39 is 12.1 Å². The van der Waals surface area contributed by atoms with Gasteiger partial charge in [-0.15, -0.1) is 0 Å². The van der Waals surface area contributed by atoms with Crippen LogP contribution in [0, 0.1) is 0 Å². The summed E-state index contributed by atoms with van der Waals surface area (Å²) in [6.07, 6.45) is 2.54. The van der Waals surface area contributed by atoms with E-state index in [2.05, 4.69) is 0 Å². The Morgan fingerprint density at radius 1 is 1.00 bits per heavy atom. The molecule has 1 aromatic rings. The van der Waals surface area contributed by atoms with Gasteiger partial charge in [0.25, 0.3) is 0 Å². The molecular weight excluding hydrogens is 348 g/mol. The van der Waals surface area contributed by atoms with Crippen LogP contribution < -0.4 is 0 Å². The first-order valence-corrected chi connectivity index (χ1v) is 9.75. The summed E-state index contributed by atoms with van der Waals surface area (Å²) in [7, 11) is 0. The predicted octanol–water partition coefficient (Wildman–Crippen LogP) is 2.15. The van der Waals surface area contributed by atoms with E-state index in [0.717, 1.165) is 24.8 Å². The Morgan fingerprint density at radius 2 is 1.70 bits per heavy atom. The highest BCUT2D eigenvalue weighted by molar-refractivity contribution is 5.86. The molecular formula is C20H26N2O5. The Hall–Kier alpha value is -2.12. The highest BCUT2D eigenvalue weighted by Crippen LogP contribution is 2.29. The van der Waals surface area contributed by atoms with Crippen molar-refractivity contribution in [2.24, 2.45) is 0 Å². The molecule has 7 nitrogen and oxygen atoms in total. The molecule has 146 valence electrons. The molecule has 4 rings (SSSR count). The van der Waals surface area contributed by atoms with Crippen LogP contribution >= 0.6 is 0 Å². The van der Waals surface area contributed by atoms with Crippen molar-refractivity contribution in [1.82, 2.24) is 9.80 Å². The molecule has 0 saturated carbocycles. The monoisotopic (exact) mass is 374 g/mol. The van der Waals surface area contributed by atoms with Gasteiger partial charge in [0.1, 0.15) is 12.6 Å². The van der Waals surface area contributed by atoms with Crippen LogP contribution in [0.1, 0.15) is 31.2 Å². The lowest BCUT2D eigenvalue weighted by Gasteiger charge is -2.32. The third kappa shape index (κ3) is 3.94. The topological polar surface area (TPSA) is 68.3 Å². The van der Waals surface area contributed by atoms with Crippen LogP contribution in [0.5, 0.6) is 0 Å². The van der Waals surface area contributed by atoms with Crippen LogP contribution in [0.4, 0.5) is 4.79 Å². The Balaban J connectivity index is 1.38. The lowest BCUT2D eigenvalue weighted by atomic mass is 10.1. The van der Waals surface area contributed by atoms with Gasteiger partial charge in [0.05, 0.1) is 19.3 Å². The van der Waals surface area contributed by atoms with Gasteiger partial charge in [-0.3, -0.25) is 9.69 Å². The summed E-state index contributed by atoms with van der Waals surface area (Å²) in [5, 5.41) is 0. The summed E-state index contributed by atoms with van der Waals surface area (Å²) >= 11 is 0. The van der Waals surface area contributed by atoms with Crippen LogP contribution in [-0.2, 0) is 25.6 Å². The van der Waals surface area contributed by atoms with Crippen LogP contribution in [0.25, 0.3) is 0 Å². The van der Waals surface area contributed by atoms with Gasteiger partial charge in [-0.05, 0) is 31.2 Å². The molecule has 0 spiro atoms. The standard InChI is InChI=1S/C20H26N2O5/c23-18(21-10-5-9-17(21)19-25-12-13-26-19)16-8-4-11-22(16)20(24)27-14-15-6-2-1-3-7-15/h1-3,6-7,16-17,19H,4-5,8-14H2/t16-,17-/m0/s1. The minimum Gasteiger partial charge on any atom is -0.445 e. The maximum Gasteiger partial charge on any atom is 0.410 e. The van der Waals surface area contributed by atoms with E-state index in [1.807, 2.05) is 35.2 Å². The number of carbonyl (C=O) groups is 2. The first kappa shape index (κ1) is 18.3. The van der Waals surface area contributed by atoms with Gasteiger partial charge in [-0.1, -0.05) is 30.3 Å². The van der Waals surface area contributed by atoms with E-state index in [4.69, 9.17) is 14.2 Å². The first-order valence-electron chi connectivity index (χ1n) is 9.75. The van der Waals surface area contributed by atoms with E-state index in [9.17, 15) is 9.59 Å². The van der Waals surface area contributed by atoms with Gasteiger partial charge in [0.15, 0.2) is 6.29 Å². The summed E-state index contributed by atoms with van der Waals surface area (Å²) in [4.78, 5) is 29.2. The quantitative estimate of drug-likeness (QED) is 0.808. The molecule has 3 aliphatic rings. The number of rotatable bonds is 4. The van der Waals surface area contributed by atoms with Crippen LogP contribution in [0.15, 0.2) is 30.3 Å². The number of benzene rings is 1. The number of hydrogen-bond acceptors (Lipinski definition) is 5. The summed E-state index contributed by atoms with van der Waals surface area (Å²) in [5.74, 6) is -0.00855. The average molecular weight is 374 g/mol. The Kier molecular flexibility index (Phi) is 5.59. The number of hydrogen-bond donors (Lipinski definition) is 0. The van der Waals surface area contributed by atoms with Crippen molar-refractivity contribution < 1.29 is 23.8 Å². The molecule has 3 aliphatic heterocycles. The van der Waals surface area contributed by atoms with Crippen molar-refractivity contribution in [1.29, 1.82) is 0 Å². The van der Waals surface area contributed by atoms with Gasteiger partial charge >= 0.3 is 6.09 Å². The Bertz CT molecular complexity index is 662. The fraction of sp³-hybridized carbons (Fsp3) is 0.600. The zero-order valence-electron chi connectivity index (χ0n) is 15.4. The Labute approximate surface area is 159 Å². The molecule has 0 aliphatic carbocycles. The molecule has 27 heavy (non-hydrogen) atoms. The molecule has 1 aromatic carbocycles. The maximum absolute atomic E-state index is 13.2. The van der Waals surface area contributed by atoms with Crippen molar-refractivity contribution >= 4 is 12.0 Å². The van der Waals surface area contributed by atoms with Gasteiger partial charge in [0.2, 0.25) is 5.91 Å². The zero-order chi connectivity index (χ0) is 18.6. The van der Waals surface area contributed by atoms with E-state index >= 15 is 0 Å². The van der Waals surface area contributed by atoms with Crippen LogP contribution in [0.3, 0.4) is 0 Å². The lowest BCUT2D eigenvalue weighted by Crippen LogP contribution is -2.52. The predicted molar refractivity (Wildman–Crippen MR) is 96.8 cm³/mol. The van der Waals surface area contributed by atoms with Gasteiger partial charge in [-0.2, -0.15) is 0 Å². The van der Waals surface area contributed by atoms with Crippen molar-refractivity contribution in [3.63, 3.8) is 0 Å². The highest BCUT2D eigenvalue weighted by atomic mass is 16.7. The zero-order valence-corrected chi connectivity index (χ0v) is 15.4. The average Bonchev–Trinajstić information content (AvgIpc) is 3.46. The second-order valence-corrected chi connectivity index (χ2v) is 7.24. The molecule has 2 atom stereocenters. The first-order chi connectivity index (χ1) is 13.2. The van der Waals surface area contributed by atoms with Crippen molar-refractivity contribution in [2.75, 3.05) is 26.3 Å². The summed E-state index contributed by atoms with van der Waals surface area (Å²) < 4.78 is 16.7. The summed E-state index contributed by atoms with van der Waals surface area (Å²) in [5.41, 5.74) is 0.933. The second-order valence-electron chi connectivity index (χ2n) is 7.24. The Morgan fingerprint density at radius 3 is 2.48 bits per heavy atom. The lowest BCUT2D eigenvalue weighted by molar-refractivity contribution is -0.146. The van der Waals surface area contributed by atoms with E-state index in [1.54, 1.807) is 4.90 Å². The van der Waals surface area contributed by atoms with Gasteiger partial charge in [0, 0.05) is 13.1 Å². The number of likely N-dealkylation sites (tertiary alicyclic amines) is 2. The smallest absolute Gasteiger partial charge is 0.410 e. The van der Waals surface area contributed by atoms with Crippen LogP contribution in [0.2, 0.25) is 0 Å². The SMILES string of the molecule is O=C(OCc1ccccc1)N1CCC[C@H]1C(=O)N1CCC[C@H]1C1OCCO1. The fourth-order valence-corrected chi connectivity index (χ4v) is 4.18. The molecule has 7 heteroatoms. The summed E-state index contributed by atoms with van der Waals surface area (Å²) in [6, 6.07) is 9.06. The second kappa shape index (κ2) is 8.27. The van der Waals surface area contributed by atoms with Crippen molar-refractivity contribution in [3.8, 4) is 0 Å². The third-order valence-electron chi connectivity index (χ3n) is 5.52. The summed E-state index contributed by atoms with van der Waals surface area (Å²) in [6.45, 7) is 2.61. The number of ether oxygens (including phenoxy) is 3.